The van der Waals surface area contributed by atoms with Crippen LogP contribution in [0.5, 0.6) is 0 Å². The number of aromatic carboxylic acids is 1. The van der Waals surface area contributed by atoms with Gasteiger partial charge in [0.2, 0.25) is 0 Å². The van der Waals surface area contributed by atoms with Crippen molar-refractivity contribution in [3.8, 4) is 0 Å². The van der Waals surface area contributed by atoms with Crippen molar-refractivity contribution < 1.29 is 19.7 Å². The van der Waals surface area contributed by atoms with E-state index < -0.39 is 12.1 Å². The molecule has 1 saturated heterocycles. The zero-order chi connectivity index (χ0) is 12.4. The molecule has 2 N–H and O–H groups in total. The molecule has 0 aromatic heterocycles. The molecule has 0 saturated carbocycles. The Morgan fingerprint density at radius 1 is 1.35 bits per heavy atom. The molecule has 0 unspecified atom stereocenters. The molecule has 1 heterocycles. The summed E-state index contributed by atoms with van der Waals surface area (Å²) in [5, 5.41) is 18.5. The van der Waals surface area contributed by atoms with Gasteiger partial charge in [0.05, 0.1) is 11.7 Å². The topological polar surface area (TPSA) is 70.0 Å². The lowest BCUT2D eigenvalue weighted by atomic mass is 10.2. The first-order valence-electron chi connectivity index (χ1n) is 5.41. The Bertz CT molecular complexity index is 403. The molecule has 5 heteroatoms. The van der Waals surface area contributed by atoms with Crippen LogP contribution >= 0.6 is 0 Å². The maximum atomic E-state index is 10.7. The van der Waals surface area contributed by atoms with Gasteiger partial charge in [-0.3, -0.25) is 0 Å². The van der Waals surface area contributed by atoms with Crippen LogP contribution in [0.3, 0.4) is 0 Å². The summed E-state index contributed by atoms with van der Waals surface area (Å²) in [6.07, 6.45) is -0.687. The number of carbonyl (C=O) groups is 1. The molecule has 1 aromatic rings. The maximum Gasteiger partial charge on any atom is 0.335 e. The summed E-state index contributed by atoms with van der Waals surface area (Å²) in [7, 11) is 1.57. The van der Waals surface area contributed by atoms with Gasteiger partial charge in [-0.1, -0.05) is 0 Å². The van der Waals surface area contributed by atoms with Gasteiger partial charge in [-0.2, -0.15) is 0 Å². The number of hydrogen-bond acceptors (Lipinski definition) is 4. The Morgan fingerprint density at radius 3 is 2.47 bits per heavy atom. The number of nitrogens with zero attached hydrogens (tertiary/aromatic N) is 1. The minimum atomic E-state index is -0.937. The zero-order valence-corrected chi connectivity index (χ0v) is 9.54. The summed E-state index contributed by atoms with van der Waals surface area (Å²) in [6.45, 7) is 1.12. The van der Waals surface area contributed by atoms with E-state index in [1.165, 1.54) is 0 Å². The molecule has 1 aliphatic heterocycles. The molecule has 0 aliphatic carbocycles. The number of β-amino-alcohol motifs (C(OH)–C–C–N with tert-alkyl or cyclic N) is 1. The number of benzene rings is 1. The fraction of sp³-hybridized carbons (Fsp3) is 0.417. The summed E-state index contributed by atoms with van der Waals surface area (Å²) in [6, 6.07) is 6.61. The minimum absolute atomic E-state index is 0.186. The summed E-state index contributed by atoms with van der Waals surface area (Å²) in [5.41, 5.74) is 1.16. The molecule has 92 valence electrons. The van der Waals surface area contributed by atoms with Crippen LogP contribution in [0.4, 0.5) is 5.69 Å². The van der Waals surface area contributed by atoms with E-state index in [1.807, 2.05) is 4.90 Å². The molecule has 0 radical (unpaired) electrons. The van der Waals surface area contributed by atoms with Crippen LogP contribution in [-0.4, -0.2) is 48.6 Å². The molecule has 2 rings (SSSR count). The summed E-state index contributed by atoms with van der Waals surface area (Å²) in [4.78, 5) is 12.7. The van der Waals surface area contributed by atoms with E-state index in [0.29, 0.717) is 13.1 Å². The van der Waals surface area contributed by atoms with Crippen LogP contribution in [0, 0.1) is 0 Å². The summed E-state index contributed by atoms with van der Waals surface area (Å²) >= 11 is 0. The Kier molecular flexibility index (Phi) is 3.31. The van der Waals surface area contributed by atoms with Crippen LogP contribution in [0.25, 0.3) is 0 Å². The number of methoxy groups -OCH3 is 1. The second kappa shape index (κ2) is 4.73. The van der Waals surface area contributed by atoms with Crippen LogP contribution < -0.4 is 4.90 Å². The highest BCUT2D eigenvalue weighted by Crippen LogP contribution is 2.22. The molecular weight excluding hydrogens is 222 g/mol. The van der Waals surface area contributed by atoms with E-state index >= 15 is 0 Å². The SMILES string of the molecule is CO[C@@H]1CN(c2ccc(C(=O)O)cc2)C[C@H]1O. The predicted octanol–water partition coefficient (Wildman–Crippen LogP) is 0.581. The third-order valence-corrected chi connectivity index (χ3v) is 3.02. The Morgan fingerprint density at radius 2 is 2.00 bits per heavy atom. The second-order valence-electron chi connectivity index (χ2n) is 4.10. The standard InChI is InChI=1S/C12H15NO4/c1-17-11-7-13(6-10(11)14)9-4-2-8(3-5-9)12(15)16/h2-5,10-11,14H,6-7H2,1H3,(H,15,16)/t10-,11-/m1/s1. The fourth-order valence-corrected chi connectivity index (χ4v) is 2.01. The summed E-state index contributed by atoms with van der Waals surface area (Å²) < 4.78 is 5.15. The van der Waals surface area contributed by atoms with Crippen LogP contribution in [0.2, 0.25) is 0 Å². The maximum absolute atomic E-state index is 10.7. The number of ether oxygens (including phenoxy) is 1. The fourth-order valence-electron chi connectivity index (χ4n) is 2.01. The van der Waals surface area contributed by atoms with E-state index in [4.69, 9.17) is 9.84 Å². The van der Waals surface area contributed by atoms with E-state index in [-0.39, 0.29) is 11.7 Å². The quantitative estimate of drug-likeness (QED) is 0.804. The van der Waals surface area contributed by atoms with Crippen molar-refractivity contribution in [1.82, 2.24) is 0 Å². The monoisotopic (exact) mass is 237 g/mol. The van der Waals surface area contributed by atoms with Crippen molar-refractivity contribution >= 4 is 11.7 Å². The molecule has 1 fully saturated rings. The largest absolute Gasteiger partial charge is 0.478 e. The van der Waals surface area contributed by atoms with E-state index in [9.17, 15) is 9.90 Å². The molecule has 0 amide bonds. The number of aliphatic hydroxyl groups excluding tert-OH is 1. The Hall–Kier alpha value is -1.59. The Labute approximate surface area is 99.2 Å². The number of aliphatic hydroxyl groups is 1. The van der Waals surface area contributed by atoms with Crippen molar-refractivity contribution in [3.63, 3.8) is 0 Å². The van der Waals surface area contributed by atoms with Gasteiger partial charge >= 0.3 is 5.97 Å². The first-order chi connectivity index (χ1) is 8.11. The molecule has 1 aliphatic rings. The summed E-state index contributed by atoms with van der Waals surface area (Å²) in [5.74, 6) is -0.937. The Balaban J connectivity index is 2.11. The predicted molar refractivity (Wildman–Crippen MR) is 62.4 cm³/mol. The lowest BCUT2D eigenvalue weighted by Gasteiger charge is -2.17. The molecule has 0 bridgehead atoms. The molecule has 0 spiro atoms. The van der Waals surface area contributed by atoms with Crippen LogP contribution in [-0.2, 0) is 4.74 Å². The second-order valence-corrected chi connectivity index (χ2v) is 4.10. The van der Waals surface area contributed by atoms with Crippen molar-refractivity contribution in [2.45, 2.75) is 12.2 Å². The van der Waals surface area contributed by atoms with Gasteiger partial charge in [-0.15, -0.1) is 0 Å². The number of hydrogen-bond donors (Lipinski definition) is 2. The van der Waals surface area contributed by atoms with E-state index in [2.05, 4.69) is 0 Å². The van der Waals surface area contributed by atoms with E-state index in [1.54, 1.807) is 31.4 Å². The minimum Gasteiger partial charge on any atom is -0.478 e. The molecular formula is C12H15NO4. The normalized spacial score (nSPS) is 24.0. The highest BCUT2D eigenvalue weighted by molar-refractivity contribution is 5.88. The van der Waals surface area contributed by atoms with Gasteiger partial charge < -0.3 is 19.8 Å². The number of carboxylic acid groups (broad SMARTS) is 1. The van der Waals surface area contributed by atoms with E-state index in [0.717, 1.165) is 5.69 Å². The molecule has 5 nitrogen and oxygen atoms in total. The van der Waals surface area contributed by atoms with Crippen LogP contribution in [0.1, 0.15) is 10.4 Å². The molecule has 1 aromatic carbocycles. The lowest BCUT2D eigenvalue weighted by Crippen LogP contribution is -2.25. The van der Waals surface area contributed by atoms with Gasteiger partial charge in [0.15, 0.2) is 0 Å². The van der Waals surface area contributed by atoms with Gasteiger partial charge in [0.25, 0.3) is 0 Å². The van der Waals surface area contributed by atoms with Crippen molar-refractivity contribution in [2.75, 3.05) is 25.1 Å². The van der Waals surface area contributed by atoms with Crippen molar-refractivity contribution in [2.24, 2.45) is 0 Å². The average molecular weight is 237 g/mol. The first kappa shape index (κ1) is 11.9. The smallest absolute Gasteiger partial charge is 0.335 e. The molecule has 17 heavy (non-hydrogen) atoms. The third kappa shape index (κ3) is 2.40. The third-order valence-electron chi connectivity index (χ3n) is 3.02. The zero-order valence-electron chi connectivity index (χ0n) is 9.54. The number of carboxylic acids is 1. The highest BCUT2D eigenvalue weighted by Gasteiger charge is 2.31. The van der Waals surface area contributed by atoms with Gasteiger partial charge in [-0.05, 0) is 24.3 Å². The lowest BCUT2D eigenvalue weighted by molar-refractivity contribution is 0.0217. The first-order valence-corrected chi connectivity index (χ1v) is 5.41. The molecule has 2 atom stereocenters. The number of anilines is 1. The van der Waals surface area contributed by atoms with Gasteiger partial charge in [-0.25, -0.2) is 4.79 Å². The average Bonchev–Trinajstić information content (AvgIpc) is 2.70. The number of rotatable bonds is 3. The van der Waals surface area contributed by atoms with Crippen molar-refractivity contribution in [3.05, 3.63) is 29.8 Å². The van der Waals surface area contributed by atoms with Crippen molar-refractivity contribution in [1.29, 1.82) is 0 Å². The highest BCUT2D eigenvalue weighted by atomic mass is 16.5. The van der Waals surface area contributed by atoms with Crippen LogP contribution in [0.15, 0.2) is 24.3 Å². The van der Waals surface area contributed by atoms with Gasteiger partial charge in [0.1, 0.15) is 6.10 Å². The van der Waals surface area contributed by atoms with Gasteiger partial charge in [0, 0.05) is 25.9 Å².